The Morgan fingerprint density at radius 1 is 1.27 bits per heavy atom. The molecule has 0 radical (unpaired) electrons. The van der Waals surface area contributed by atoms with Crippen LogP contribution in [-0.2, 0) is 6.42 Å². The number of aromatic hydroxyl groups is 1. The normalized spacial score (nSPS) is 10.5. The predicted molar refractivity (Wildman–Crippen MR) is 43.6 cm³/mol. The van der Waals surface area contributed by atoms with Crippen LogP contribution in [0.15, 0.2) is 36.6 Å². The fourth-order valence-corrected chi connectivity index (χ4v) is 0.863. The largest absolute Gasteiger partial charge is 0.516 e. The third kappa shape index (κ3) is 2.00. The van der Waals surface area contributed by atoms with Crippen molar-refractivity contribution in [3.63, 3.8) is 0 Å². The number of aliphatic hydroxyl groups is 1. The molecule has 0 amide bonds. The highest BCUT2D eigenvalue weighted by molar-refractivity contribution is 5.32. The highest BCUT2D eigenvalue weighted by Gasteiger charge is 1.94. The topological polar surface area (TPSA) is 40.5 Å². The van der Waals surface area contributed by atoms with Crippen LogP contribution in [-0.4, -0.2) is 10.2 Å². The minimum Gasteiger partial charge on any atom is -0.516 e. The van der Waals surface area contributed by atoms with Gasteiger partial charge in [-0.3, -0.25) is 0 Å². The van der Waals surface area contributed by atoms with Crippen molar-refractivity contribution >= 4 is 0 Å². The molecule has 2 N–H and O–H groups in total. The number of hydrogen-bond acceptors (Lipinski definition) is 2. The first-order valence-electron chi connectivity index (χ1n) is 3.40. The first kappa shape index (κ1) is 7.66. The molecule has 0 aromatic heterocycles. The summed E-state index contributed by atoms with van der Waals surface area (Å²) in [6.07, 6.45) is 3.12. The van der Waals surface area contributed by atoms with E-state index in [9.17, 15) is 5.11 Å². The Hall–Kier alpha value is -1.44. The van der Waals surface area contributed by atoms with E-state index >= 15 is 0 Å². The lowest BCUT2D eigenvalue weighted by Gasteiger charge is -1.98. The van der Waals surface area contributed by atoms with Crippen LogP contribution >= 0.6 is 0 Å². The third-order valence-corrected chi connectivity index (χ3v) is 1.43. The molecule has 0 atom stereocenters. The van der Waals surface area contributed by atoms with Gasteiger partial charge in [0.25, 0.3) is 0 Å². The van der Waals surface area contributed by atoms with Crippen molar-refractivity contribution in [3.05, 3.63) is 42.2 Å². The summed E-state index contributed by atoms with van der Waals surface area (Å²) >= 11 is 0. The van der Waals surface area contributed by atoms with Crippen LogP contribution < -0.4 is 0 Å². The van der Waals surface area contributed by atoms with E-state index in [0.717, 1.165) is 11.8 Å². The Bertz CT molecular complexity index is 253. The highest BCUT2D eigenvalue weighted by atomic mass is 16.3. The number of aliphatic hydroxyl groups excluding tert-OH is 1. The summed E-state index contributed by atoms with van der Waals surface area (Å²) < 4.78 is 0. The molecule has 0 aliphatic rings. The lowest BCUT2D eigenvalue weighted by atomic mass is 10.1. The maximum atomic E-state index is 9.22. The fourth-order valence-electron chi connectivity index (χ4n) is 0.863. The second kappa shape index (κ2) is 3.66. The fraction of sp³-hybridized carbons (Fsp3) is 0.111. The average molecular weight is 150 g/mol. The number of phenols is 1. The molecule has 0 aliphatic heterocycles. The van der Waals surface area contributed by atoms with Crippen LogP contribution in [0.3, 0.4) is 0 Å². The van der Waals surface area contributed by atoms with E-state index in [0.29, 0.717) is 6.42 Å². The van der Waals surface area contributed by atoms with Crippen molar-refractivity contribution in [1.82, 2.24) is 0 Å². The molecule has 0 heterocycles. The summed E-state index contributed by atoms with van der Waals surface area (Å²) in [4.78, 5) is 0. The molecule has 1 aromatic carbocycles. The van der Waals surface area contributed by atoms with E-state index in [4.69, 9.17) is 5.11 Å². The maximum absolute atomic E-state index is 9.22. The van der Waals surface area contributed by atoms with Crippen molar-refractivity contribution in [2.75, 3.05) is 0 Å². The van der Waals surface area contributed by atoms with Gasteiger partial charge in [-0.15, -0.1) is 0 Å². The number of hydrogen-bond donors (Lipinski definition) is 2. The van der Waals surface area contributed by atoms with Gasteiger partial charge in [0.05, 0.1) is 6.26 Å². The predicted octanol–water partition coefficient (Wildman–Crippen LogP) is 2.01. The maximum Gasteiger partial charge on any atom is 0.119 e. The van der Waals surface area contributed by atoms with E-state index in [1.165, 1.54) is 0 Å². The zero-order valence-corrected chi connectivity index (χ0v) is 6.07. The third-order valence-electron chi connectivity index (χ3n) is 1.43. The SMILES string of the molecule is OC=CCc1ccccc1O. The zero-order valence-electron chi connectivity index (χ0n) is 6.07. The first-order valence-corrected chi connectivity index (χ1v) is 3.40. The minimum absolute atomic E-state index is 0.269. The Morgan fingerprint density at radius 3 is 2.64 bits per heavy atom. The van der Waals surface area contributed by atoms with Crippen molar-refractivity contribution in [2.45, 2.75) is 6.42 Å². The van der Waals surface area contributed by atoms with Gasteiger partial charge in [-0.05, 0) is 24.1 Å². The van der Waals surface area contributed by atoms with Crippen LogP contribution in [0.25, 0.3) is 0 Å². The molecule has 0 fully saturated rings. The molecule has 58 valence electrons. The summed E-state index contributed by atoms with van der Waals surface area (Å²) in [5.74, 6) is 0.269. The van der Waals surface area contributed by atoms with Gasteiger partial charge in [-0.1, -0.05) is 18.2 Å². The summed E-state index contributed by atoms with van der Waals surface area (Å²) in [7, 11) is 0. The van der Waals surface area contributed by atoms with Crippen LogP contribution in [0.1, 0.15) is 5.56 Å². The second-order valence-corrected chi connectivity index (χ2v) is 2.22. The van der Waals surface area contributed by atoms with Crippen LogP contribution in [0.2, 0.25) is 0 Å². The summed E-state index contributed by atoms with van der Waals surface area (Å²) in [6, 6.07) is 7.05. The van der Waals surface area contributed by atoms with Crippen LogP contribution in [0.5, 0.6) is 5.75 Å². The zero-order chi connectivity index (χ0) is 8.10. The molecule has 2 heteroatoms. The molecule has 0 bridgehead atoms. The molecule has 1 rings (SSSR count). The first-order chi connectivity index (χ1) is 5.34. The molecule has 2 nitrogen and oxygen atoms in total. The van der Waals surface area contributed by atoms with Gasteiger partial charge >= 0.3 is 0 Å². The molecule has 0 saturated carbocycles. The lowest BCUT2D eigenvalue weighted by molar-refractivity contribution is 0.465. The average Bonchev–Trinajstić information content (AvgIpc) is 2.03. The molecule has 1 aromatic rings. The standard InChI is InChI=1S/C9H10O2/c10-7-3-5-8-4-1-2-6-9(8)11/h1-4,6-7,10-11H,5H2. The number of rotatable bonds is 2. The Labute approximate surface area is 65.4 Å². The van der Waals surface area contributed by atoms with Crippen LogP contribution in [0, 0.1) is 0 Å². The smallest absolute Gasteiger partial charge is 0.119 e. The van der Waals surface area contributed by atoms with E-state index in [1.807, 2.05) is 12.1 Å². The second-order valence-electron chi connectivity index (χ2n) is 2.22. The number of phenolic OH excluding ortho intramolecular Hbond substituents is 1. The molecule has 0 spiro atoms. The minimum atomic E-state index is 0.269. The van der Waals surface area contributed by atoms with Gasteiger partial charge in [0.15, 0.2) is 0 Å². The summed E-state index contributed by atoms with van der Waals surface area (Å²) in [5.41, 5.74) is 0.817. The van der Waals surface area contributed by atoms with Gasteiger partial charge in [0.2, 0.25) is 0 Å². The molecule has 0 saturated heterocycles. The van der Waals surface area contributed by atoms with E-state index < -0.39 is 0 Å². The van der Waals surface area contributed by atoms with Gasteiger partial charge in [-0.2, -0.15) is 0 Å². The van der Waals surface area contributed by atoms with Gasteiger partial charge in [-0.25, -0.2) is 0 Å². The molecule has 0 aliphatic carbocycles. The molecule has 0 unspecified atom stereocenters. The van der Waals surface area contributed by atoms with Crippen LogP contribution in [0.4, 0.5) is 0 Å². The number of allylic oxidation sites excluding steroid dienone is 1. The Morgan fingerprint density at radius 2 is 2.00 bits per heavy atom. The lowest BCUT2D eigenvalue weighted by Crippen LogP contribution is -1.80. The van der Waals surface area contributed by atoms with Crippen molar-refractivity contribution < 1.29 is 10.2 Å². The van der Waals surface area contributed by atoms with E-state index in [-0.39, 0.29) is 5.75 Å². The number of benzene rings is 1. The van der Waals surface area contributed by atoms with E-state index in [2.05, 4.69) is 0 Å². The van der Waals surface area contributed by atoms with Gasteiger partial charge in [0.1, 0.15) is 5.75 Å². The summed E-state index contributed by atoms with van der Waals surface area (Å²) in [5, 5.41) is 17.6. The highest BCUT2D eigenvalue weighted by Crippen LogP contribution is 2.15. The van der Waals surface area contributed by atoms with E-state index in [1.54, 1.807) is 18.2 Å². The molecular weight excluding hydrogens is 140 g/mol. The monoisotopic (exact) mass is 150 g/mol. The van der Waals surface area contributed by atoms with Crippen molar-refractivity contribution in [3.8, 4) is 5.75 Å². The van der Waals surface area contributed by atoms with Crippen molar-refractivity contribution in [1.29, 1.82) is 0 Å². The quantitative estimate of drug-likeness (QED) is 0.633. The van der Waals surface area contributed by atoms with Gasteiger partial charge in [0, 0.05) is 0 Å². The molecule has 11 heavy (non-hydrogen) atoms. The summed E-state index contributed by atoms with van der Waals surface area (Å²) in [6.45, 7) is 0. The number of para-hydroxylation sites is 1. The Balaban J connectivity index is 2.77. The van der Waals surface area contributed by atoms with Gasteiger partial charge < -0.3 is 10.2 Å². The molecular formula is C9H10O2. The van der Waals surface area contributed by atoms with Crippen molar-refractivity contribution in [2.24, 2.45) is 0 Å². The Kier molecular flexibility index (Phi) is 2.55.